The second kappa shape index (κ2) is 9.96. The normalized spacial score (nSPS) is 19.4. The molecule has 3 rings (SSSR count). The number of hydrogen-bond acceptors (Lipinski definition) is 5. The summed E-state index contributed by atoms with van der Waals surface area (Å²) in [5.74, 6) is 0.827. The van der Waals surface area contributed by atoms with Crippen molar-refractivity contribution >= 4 is 17.6 Å². The van der Waals surface area contributed by atoms with E-state index in [0.717, 1.165) is 25.9 Å². The van der Waals surface area contributed by atoms with Crippen LogP contribution in [0.1, 0.15) is 55.5 Å². The SMILES string of the molecule is CC[C@@]1(c2cccc(OC(=O)Nc3ccc(C(C)=O)c(OC)c3)c2)CCCCN(C)C1. The topological polar surface area (TPSA) is 67.9 Å². The fraction of sp³-hybridized carbons (Fsp3) is 0.440. The van der Waals surface area contributed by atoms with Crippen LogP contribution >= 0.6 is 0 Å². The van der Waals surface area contributed by atoms with Gasteiger partial charge in [0.1, 0.15) is 11.5 Å². The van der Waals surface area contributed by atoms with E-state index in [1.807, 2.05) is 12.1 Å². The van der Waals surface area contributed by atoms with E-state index in [1.165, 1.54) is 32.4 Å². The smallest absolute Gasteiger partial charge is 0.417 e. The van der Waals surface area contributed by atoms with Crippen LogP contribution in [0.15, 0.2) is 42.5 Å². The van der Waals surface area contributed by atoms with Crippen molar-refractivity contribution in [1.82, 2.24) is 4.90 Å². The number of likely N-dealkylation sites (N-methyl/N-ethyl adjacent to an activating group) is 1. The average molecular weight is 425 g/mol. The van der Waals surface area contributed by atoms with Crippen LogP contribution in [0.4, 0.5) is 10.5 Å². The van der Waals surface area contributed by atoms with Crippen LogP contribution in [0.2, 0.25) is 0 Å². The molecule has 1 aliphatic rings. The molecule has 2 aromatic rings. The lowest BCUT2D eigenvalue weighted by Gasteiger charge is -2.35. The maximum atomic E-state index is 12.5. The minimum Gasteiger partial charge on any atom is -0.496 e. The van der Waals surface area contributed by atoms with Gasteiger partial charge < -0.3 is 14.4 Å². The summed E-state index contributed by atoms with van der Waals surface area (Å²) in [6.45, 7) is 5.83. The molecule has 0 radical (unpaired) electrons. The predicted octanol–water partition coefficient (Wildman–Crippen LogP) is 5.27. The number of nitrogens with zero attached hydrogens (tertiary/aromatic N) is 1. The molecule has 0 bridgehead atoms. The number of anilines is 1. The van der Waals surface area contributed by atoms with Gasteiger partial charge in [-0.3, -0.25) is 10.1 Å². The molecule has 1 saturated heterocycles. The van der Waals surface area contributed by atoms with Gasteiger partial charge >= 0.3 is 6.09 Å². The van der Waals surface area contributed by atoms with Crippen molar-refractivity contribution in [3.05, 3.63) is 53.6 Å². The van der Waals surface area contributed by atoms with Crippen LogP contribution in [-0.4, -0.2) is 44.0 Å². The molecule has 1 heterocycles. The predicted molar refractivity (Wildman–Crippen MR) is 122 cm³/mol. The van der Waals surface area contributed by atoms with Gasteiger partial charge in [0.25, 0.3) is 0 Å². The Balaban J connectivity index is 1.75. The summed E-state index contributed by atoms with van der Waals surface area (Å²) in [7, 11) is 3.67. The molecule has 1 N–H and O–H groups in total. The molecule has 1 amide bonds. The third kappa shape index (κ3) is 5.44. The molecule has 1 fully saturated rings. The van der Waals surface area contributed by atoms with Gasteiger partial charge in [0.2, 0.25) is 0 Å². The molecule has 0 spiro atoms. The Bertz CT molecular complexity index is 943. The molecular formula is C25H32N2O4. The van der Waals surface area contributed by atoms with Gasteiger partial charge in [-0.2, -0.15) is 0 Å². The zero-order chi connectivity index (χ0) is 22.4. The van der Waals surface area contributed by atoms with Gasteiger partial charge in [0, 0.05) is 23.7 Å². The Hall–Kier alpha value is -2.86. The standard InChI is InChI=1S/C25H32N2O4/c1-5-25(13-6-7-14-27(3)17-25)19-9-8-10-21(15-19)31-24(29)26-20-11-12-22(18(2)28)23(16-20)30-4/h8-12,15-16H,5-7,13-14,17H2,1-4H3,(H,26,29)/t25-/m1/s1. The first-order valence-electron chi connectivity index (χ1n) is 10.8. The summed E-state index contributed by atoms with van der Waals surface area (Å²) in [5, 5.41) is 2.71. The zero-order valence-electron chi connectivity index (χ0n) is 18.9. The quantitative estimate of drug-likeness (QED) is 0.640. The Morgan fingerprint density at radius 2 is 1.97 bits per heavy atom. The number of ketones is 1. The lowest BCUT2D eigenvalue weighted by Crippen LogP contribution is -2.37. The van der Waals surface area contributed by atoms with E-state index in [1.54, 1.807) is 24.3 Å². The Kier molecular flexibility index (Phi) is 7.33. The van der Waals surface area contributed by atoms with E-state index < -0.39 is 6.09 Å². The highest BCUT2D eigenvalue weighted by atomic mass is 16.6. The van der Waals surface area contributed by atoms with Gasteiger partial charge in [-0.05, 0) is 69.6 Å². The fourth-order valence-corrected chi connectivity index (χ4v) is 4.45. The Labute approximate surface area is 184 Å². The van der Waals surface area contributed by atoms with Gasteiger partial charge in [-0.1, -0.05) is 25.5 Å². The van der Waals surface area contributed by atoms with E-state index in [0.29, 0.717) is 22.7 Å². The van der Waals surface area contributed by atoms with E-state index in [9.17, 15) is 9.59 Å². The highest BCUT2D eigenvalue weighted by molar-refractivity contribution is 5.98. The molecular weight excluding hydrogens is 392 g/mol. The van der Waals surface area contributed by atoms with Gasteiger partial charge in [0.05, 0.1) is 12.7 Å². The first-order chi connectivity index (χ1) is 14.9. The summed E-state index contributed by atoms with van der Waals surface area (Å²) in [5.41, 5.74) is 2.24. The lowest BCUT2D eigenvalue weighted by atomic mass is 9.74. The Morgan fingerprint density at radius 1 is 1.16 bits per heavy atom. The van der Waals surface area contributed by atoms with Crippen LogP contribution in [0.3, 0.4) is 0 Å². The van der Waals surface area contributed by atoms with E-state index in [-0.39, 0.29) is 11.2 Å². The number of amides is 1. The number of carbonyl (C=O) groups is 2. The summed E-state index contributed by atoms with van der Waals surface area (Å²) in [6.07, 6.45) is 3.99. The fourth-order valence-electron chi connectivity index (χ4n) is 4.45. The van der Waals surface area contributed by atoms with Crippen LogP contribution in [0.25, 0.3) is 0 Å². The van der Waals surface area contributed by atoms with E-state index in [4.69, 9.17) is 9.47 Å². The van der Waals surface area contributed by atoms with Crippen molar-refractivity contribution in [2.75, 3.05) is 32.6 Å². The molecule has 0 aromatic heterocycles. The number of hydrogen-bond donors (Lipinski definition) is 1. The largest absolute Gasteiger partial charge is 0.496 e. The van der Waals surface area contributed by atoms with Crippen molar-refractivity contribution < 1.29 is 19.1 Å². The first-order valence-corrected chi connectivity index (χ1v) is 10.8. The van der Waals surface area contributed by atoms with Crippen molar-refractivity contribution in [1.29, 1.82) is 0 Å². The molecule has 0 aliphatic carbocycles. The number of methoxy groups -OCH3 is 1. The number of rotatable bonds is 6. The maximum Gasteiger partial charge on any atom is 0.417 e. The van der Waals surface area contributed by atoms with Gasteiger partial charge in [-0.25, -0.2) is 4.79 Å². The summed E-state index contributed by atoms with van der Waals surface area (Å²) < 4.78 is 10.8. The number of benzene rings is 2. The monoisotopic (exact) mass is 424 g/mol. The number of ether oxygens (including phenoxy) is 2. The van der Waals surface area contributed by atoms with Crippen molar-refractivity contribution in [3.8, 4) is 11.5 Å². The molecule has 6 heteroatoms. The van der Waals surface area contributed by atoms with Crippen molar-refractivity contribution in [3.63, 3.8) is 0 Å². The highest BCUT2D eigenvalue weighted by Crippen LogP contribution is 2.37. The molecule has 1 atom stereocenters. The summed E-state index contributed by atoms with van der Waals surface area (Å²) >= 11 is 0. The number of Topliss-reactive ketones (excluding diaryl/α,β-unsaturated/α-hetero) is 1. The minimum atomic E-state index is -0.585. The zero-order valence-corrected chi connectivity index (χ0v) is 18.9. The first kappa shape index (κ1) is 22.8. The van der Waals surface area contributed by atoms with Crippen LogP contribution in [-0.2, 0) is 5.41 Å². The maximum absolute atomic E-state index is 12.5. The second-order valence-electron chi connectivity index (χ2n) is 8.34. The third-order valence-electron chi connectivity index (χ3n) is 6.18. The molecule has 0 unspecified atom stereocenters. The van der Waals surface area contributed by atoms with Crippen molar-refractivity contribution in [2.24, 2.45) is 0 Å². The lowest BCUT2D eigenvalue weighted by molar-refractivity contribution is 0.101. The van der Waals surface area contributed by atoms with Crippen LogP contribution in [0.5, 0.6) is 11.5 Å². The van der Waals surface area contributed by atoms with Crippen molar-refractivity contribution in [2.45, 2.75) is 44.9 Å². The number of carbonyl (C=O) groups excluding carboxylic acids is 2. The highest BCUT2D eigenvalue weighted by Gasteiger charge is 2.33. The van der Waals surface area contributed by atoms with E-state index >= 15 is 0 Å². The molecule has 6 nitrogen and oxygen atoms in total. The average Bonchev–Trinajstić information content (AvgIpc) is 2.95. The van der Waals surface area contributed by atoms with E-state index in [2.05, 4.69) is 30.3 Å². The molecule has 166 valence electrons. The number of likely N-dealkylation sites (tertiary alicyclic amines) is 1. The summed E-state index contributed by atoms with van der Waals surface area (Å²) in [6, 6.07) is 12.8. The van der Waals surface area contributed by atoms with Gasteiger partial charge in [0.15, 0.2) is 5.78 Å². The molecule has 0 saturated carbocycles. The van der Waals surface area contributed by atoms with Gasteiger partial charge in [-0.15, -0.1) is 0 Å². The molecule has 2 aromatic carbocycles. The van der Waals surface area contributed by atoms with Crippen LogP contribution in [0, 0.1) is 0 Å². The minimum absolute atomic E-state index is 0.0665. The summed E-state index contributed by atoms with van der Waals surface area (Å²) in [4.78, 5) is 26.6. The second-order valence-corrected chi connectivity index (χ2v) is 8.34. The molecule has 31 heavy (non-hydrogen) atoms. The number of nitrogens with one attached hydrogen (secondary N) is 1. The Morgan fingerprint density at radius 3 is 2.68 bits per heavy atom. The third-order valence-corrected chi connectivity index (χ3v) is 6.18. The molecule has 1 aliphatic heterocycles. The van der Waals surface area contributed by atoms with Crippen LogP contribution < -0.4 is 14.8 Å².